The molecule has 0 radical (unpaired) electrons. The first-order chi connectivity index (χ1) is 7.72. The zero-order valence-electron chi connectivity index (χ0n) is 10.5. The topological polar surface area (TPSA) is 18.8 Å². The Morgan fingerprint density at radius 1 is 1.31 bits per heavy atom. The SMILES string of the molecule is C=C/C=C\C(C)=N/CCN1CCN(C)CC1. The highest BCUT2D eigenvalue weighted by atomic mass is 15.2. The van der Waals surface area contributed by atoms with Crippen LogP contribution in [0.1, 0.15) is 6.92 Å². The smallest absolute Gasteiger partial charge is 0.0519 e. The first kappa shape index (κ1) is 13.1. The van der Waals surface area contributed by atoms with Crippen molar-refractivity contribution in [3.05, 3.63) is 24.8 Å². The van der Waals surface area contributed by atoms with Crippen LogP contribution in [0.5, 0.6) is 0 Å². The van der Waals surface area contributed by atoms with Gasteiger partial charge in [-0.15, -0.1) is 0 Å². The van der Waals surface area contributed by atoms with Gasteiger partial charge in [-0.2, -0.15) is 0 Å². The molecule has 0 saturated carbocycles. The van der Waals surface area contributed by atoms with Gasteiger partial charge in [-0.25, -0.2) is 0 Å². The average molecular weight is 221 g/mol. The third-order valence-corrected chi connectivity index (χ3v) is 2.85. The van der Waals surface area contributed by atoms with Crippen LogP contribution >= 0.6 is 0 Å². The summed E-state index contributed by atoms with van der Waals surface area (Å²) in [5.41, 5.74) is 1.08. The van der Waals surface area contributed by atoms with Crippen molar-refractivity contribution in [1.82, 2.24) is 9.80 Å². The van der Waals surface area contributed by atoms with Gasteiger partial charge in [-0.05, 0) is 20.0 Å². The normalized spacial score (nSPS) is 20.5. The molecule has 0 aliphatic carbocycles. The van der Waals surface area contributed by atoms with Gasteiger partial charge < -0.3 is 4.90 Å². The summed E-state index contributed by atoms with van der Waals surface area (Å²) in [4.78, 5) is 9.35. The van der Waals surface area contributed by atoms with E-state index < -0.39 is 0 Å². The molecule has 3 heteroatoms. The highest BCUT2D eigenvalue weighted by Gasteiger charge is 2.12. The maximum Gasteiger partial charge on any atom is 0.0519 e. The van der Waals surface area contributed by atoms with Gasteiger partial charge in [0.1, 0.15) is 0 Å². The van der Waals surface area contributed by atoms with E-state index in [1.807, 2.05) is 19.1 Å². The Balaban J connectivity index is 2.19. The van der Waals surface area contributed by atoms with Crippen LogP contribution in [-0.4, -0.2) is 61.8 Å². The predicted molar refractivity (Wildman–Crippen MR) is 71.3 cm³/mol. The summed E-state index contributed by atoms with van der Waals surface area (Å²) in [5, 5.41) is 0. The maximum absolute atomic E-state index is 4.50. The Morgan fingerprint density at radius 2 is 2.00 bits per heavy atom. The summed E-state index contributed by atoms with van der Waals surface area (Å²) in [6.45, 7) is 12.4. The summed E-state index contributed by atoms with van der Waals surface area (Å²) >= 11 is 0. The fraction of sp³-hybridized carbons (Fsp3) is 0.615. The maximum atomic E-state index is 4.50. The van der Waals surface area contributed by atoms with Crippen molar-refractivity contribution in [2.45, 2.75) is 6.92 Å². The minimum atomic E-state index is 0.900. The summed E-state index contributed by atoms with van der Waals surface area (Å²) < 4.78 is 0. The van der Waals surface area contributed by atoms with Gasteiger partial charge in [0.25, 0.3) is 0 Å². The van der Waals surface area contributed by atoms with Crippen molar-refractivity contribution in [1.29, 1.82) is 0 Å². The number of piperazine rings is 1. The highest BCUT2D eigenvalue weighted by Crippen LogP contribution is 1.98. The predicted octanol–water partition coefficient (Wildman–Crippen LogP) is 1.44. The van der Waals surface area contributed by atoms with Crippen LogP contribution in [0, 0.1) is 0 Å². The van der Waals surface area contributed by atoms with Crippen LogP contribution < -0.4 is 0 Å². The number of hydrogen-bond donors (Lipinski definition) is 0. The minimum Gasteiger partial charge on any atom is -0.304 e. The fourth-order valence-corrected chi connectivity index (χ4v) is 1.70. The van der Waals surface area contributed by atoms with E-state index in [1.54, 1.807) is 6.08 Å². The summed E-state index contributed by atoms with van der Waals surface area (Å²) in [6.07, 6.45) is 5.70. The quantitative estimate of drug-likeness (QED) is 0.517. The third-order valence-electron chi connectivity index (χ3n) is 2.85. The number of rotatable bonds is 5. The highest BCUT2D eigenvalue weighted by molar-refractivity contribution is 5.92. The molecule has 0 bridgehead atoms. The van der Waals surface area contributed by atoms with Crippen molar-refractivity contribution in [2.24, 2.45) is 4.99 Å². The van der Waals surface area contributed by atoms with Crippen molar-refractivity contribution in [3.8, 4) is 0 Å². The van der Waals surface area contributed by atoms with Crippen molar-refractivity contribution < 1.29 is 0 Å². The molecule has 1 aliphatic heterocycles. The van der Waals surface area contributed by atoms with Crippen LogP contribution in [0.15, 0.2) is 29.8 Å². The Labute approximate surface area is 99.1 Å². The van der Waals surface area contributed by atoms with Crippen molar-refractivity contribution in [2.75, 3.05) is 46.3 Å². The molecule has 0 aromatic heterocycles. The molecule has 16 heavy (non-hydrogen) atoms. The van der Waals surface area contributed by atoms with E-state index in [0.717, 1.165) is 18.8 Å². The molecule has 0 aromatic rings. The lowest BCUT2D eigenvalue weighted by atomic mass is 10.3. The Hall–Kier alpha value is -0.930. The number of nitrogens with zero attached hydrogens (tertiary/aromatic N) is 3. The van der Waals surface area contributed by atoms with Crippen molar-refractivity contribution in [3.63, 3.8) is 0 Å². The van der Waals surface area contributed by atoms with Crippen LogP contribution in [0.3, 0.4) is 0 Å². The Kier molecular flexibility index (Phi) is 6.04. The van der Waals surface area contributed by atoms with Crippen LogP contribution in [0.4, 0.5) is 0 Å². The molecule has 1 aliphatic rings. The lowest BCUT2D eigenvalue weighted by Crippen LogP contribution is -2.45. The van der Waals surface area contributed by atoms with E-state index in [2.05, 4.69) is 28.4 Å². The molecule has 1 heterocycles. The van der Waals surface area contributed by atoms with Gasteiger partial charge in [0.05, 0.1) is 6.54 Å². The molecule has 1 rings (SSSR count). The van der Waals surface area contributed by atoms with E-state index in [4.69, 9.17) is 0 Å². The Bertz CT molecular complexity index is 260. The van der Waals surface area contributed by atoms with Crippen LogP contribution in [-0.2, 0) is 0 Å². The Morgan fingerprint density at radius 3 is 2.62 bits per heavy atom. The second-order valence-corrected chi connectivity index (χ2v) is 4.26. The number of aliphatic imine (C=N–C) groups is 1. The largest absolute Gasteiger partial charge is 0.304 e. The fourth-order valence-electron chi connectivity index (χ4n) is 1.70. The molecular formula is C13H23N3. The van der Waals surface area contributed by atoms with Gasteiger partial charge in [0, 0.05) is 38.4 Å². The molecule has 1 fully saturated rings. The molecule has 1 saturated heterocycles. The van der Waals surface area contributed by atoms with E-state index in [-0.39, 0.29) is 0 Å². The summed E-state index contributed by atoms with van der Waals surface area (Å²) in [7, 11) is 2.18. The zero-order valence-corrected chi connectivity index (χ0v) is 10.5. The second-order valence-electron chi connectivity index (χ2n) is 4.26. The number of allylic oxidation sites excluding steroid dienone is 3. The van der Waals surface area contributed by atoms with E-state index >= 15 is 0 Å². The number of likely N-dealkylation sites (N-methyl/N-ethyl adjacent to an activating group) is 1. The zero-order chi connectivity index (χ0) is 11.8. The van der Waals surface area contributed by atoms with Gasteiger partial charge in [0.2, 0.25) is 0 Å². The first-order valence-electron chi connectivity index (χ1n) is 5.93. The van der Waals surface area contributed by atoms with Gasteiger partial charge in [-0.3, -0.25) is 9.89 Å². The van der Waals surface area contributed by atoms with E-state index in [9.17, 15) is 0 Å². The minimum absolute atomic E-state index is 0.900. The van der Waals surface area contributed by atoms with E-state index in [0.29, 0.717) is 0 Å². The molecule has 0 amide bonds. The molecule has 3 nitrogen and oxygen atoms in total. The van der Waals surface area contributed by atoms with Gasteiger partial charge >= 0.3 is 0 Å². The van der Waals surface area contributed by atoms with Crippen molar-refractivity contribution >= 4 is 5.71 Å². The average Bonchev–Trinajstić information content (AvgIpc) is 2.29. The van der Waals surface area contributed by atoms with E-state index in [1.165, 1.54) is 26.2 Å². The monoisotopic (exact) mass is 221 g/mol. The summed E-state index contributed by atoms with van der Waals surface area (Å²) in [6, 6.07) is 0. The molecule has 0 N–H and O–H groups in total. The molecular weight excluding hydrogens is 198 g/mol. The standard InChI is InChI=1S/C13H23N3/c1-4-5-6-13(2)14-7-8-16-11-9-15(3)10-12-16/h4-6H,1,7-12H2,2-3H3/b6-5-,14-13-. The molecule has 0 spiro atoms. The molecule has 0 unspecified atom stereocenters. The lowest BCUT2D eigenvalue weighted by molar-refractivity contribution is 0.157. The lowest BCUT2D eigenvalue weighted by Gasteiger charge is -2.31. The molecule has 90 valence electrons. The van der Waals surface area contributed by atoms with Gasteiger partial charge in [-0.1, -0.05) is 18.7 Å². The molecule has 0 aromatic carbocycles. The third kappa shape index (κ3) is 5.24. The van der Waals surface area contributed by atoms with Gasteiger partial charge in [0.15, 0.2) is 0 Å². The van der Waals surface area contributed by atoms with Crippen LogP contribution in [0.25, 0.3) is 0 Å². The molecule has 0 atom stereocenters. The van der Waals surface area contributed by atoms with Crippen LogP contribution in [0.2, 0.25) is 0 Å². The summed E-state index contributed by atoms with van der Waals surface area (Å²) in [5.74, 6) is 0. The second kappa shape index (κ2) is 7.36. The first-order valence-corrected chi connectivity index (χ1v) is 5.93. The number of hydrogen-bond acceptors (Lipinski definition) is 3.